The number of amides is 1. The van der Waals surface area contributed by atoms with Crippen LogP contribution in [0.15, 0.2) is 46.6 Å². The molecule has 9 nitrogen and oxygen atoms in total. The average molecular weight is 425 g/mol. The molecule has 0 saturated carbocycles. The number of aromatic nitrogens is 1. The van der Waals surface area contributed by atoms with Crippen molar-refractivity contribution in [3.8, 4) is 11.1 Å². The molecule has 2 aliphatic heterocycles. The Hall–Kier alpha value is -3.53. The summed E-state index contributed by atoms with van der Waals surface area (Å²) in [6.45, 7) is 4.21. The van der Waals surface area contributed by atoms with Gasteiger partial charge in [0, 0.05) is 49.7 Å². The quantitative estimate of drug-likeness (QED) is 0.414. The molecule has 2 fully saturated rings. The average Bonchev–Trinajstić information content (AvgIpc) is 3.18. The molecule has 0 aliphatic carbocycles. The number of carbonyl (C=O) groups excluding carboxylic acids is 1. The lowest BCUT2D eigenvalue weighted by Gasteiger charge is -2.28. The highest BCUT2D eigenvalue weighted by Gasteiger charge is 2.32. The van der Waals surface area contributed by atoms with Crippen LogP contribution in [-0.4, -0.2) is 68.9 Å². The number of nitrogens with one attached hydrogen (secondary N) is 1. The van der Waals surface area contributed by atoms with Crippen LogP contribution in [-0.2, 0) is 4.74 Å². The van der Waals surface area contributed by atoms with Gasteiger partial charge in [0.1, 0.15) is 17.7 Å². The number of hydrogen-bond acceptors (Lipinski definition) is 8. The maximum Gasteiger partial charge on any atom is 0.414 e. The number of nitrogens with two attached hydrogens (primary N) is 1. The highest BCUT2D eigenvalue weighted by atomic mass is 19.1. The molecule has 2 saturated heterocycles. The van der Waals surface area contributed by atoms with Crippen molar-refractivity contribution in [1.29, 1.82) is 0 Å². The summed E-state index contributed by atoms with van der Waals surface area (Å²) < 4.78 is 20.2. The standard InChI is InChI=1S/C21H24FN7O2/c22-19-11-16(29-14-17(31-21(29)30)13-25-5-6-27-23)2-3-18(19)15-1-4-20(26-12-15)28-9-7-24-8-10-28/h1-6,11-12,17,24H,7-10,13-14,23H2/t17-/m0/s1. The van der Waals surface area contributed by atoms with Crippen LogP contribution in [0, 0.1) is 5.82 Å². The molecule has 2 aromatic rings. The Bertz CT molecular complexity index is 974. The van der Waals surface area contributed by atoms with E-state index in [4.69, 9.17) is 10.6 Å². The third-order valence-electron chi connectivity index (χ3n) is 5.21. The second-order valence-corrected chi connectivity index (χ2v) is 7.24. The first-order valence-electron chi connectivity index (χ1n) is 10.1. The number of benzene rings is 1. The minimum absolute atomic E-state index is 0.278. The minimum Gasteiger partial charge on any atom is -0.442 e. The van der Waals surface area contributed by atoms with Crippen LogP contribution in [0.2, 0.25) is 0 Å². The van der Waals surface area contributed by atoms with E-state index in [2.05, 4.69) is 25.3 Å². The molecule has 0 unspecified atom stereocenters. The molecular weight excluding hydrogens is 401 g/mol. The number of nitrogens with zero attached hydrogens (tertiary/aromatic N) is 5. The van der Waals surface area contributed by atoms with Crippen LogP contribution >= 0.6 is 0 Å². The smallest absolute Gasteiger partial charge is 0.414 e. The Balaban J connectivity index is 1.45. The Morgan fingerprint density at radius 2 is 2.10 bits per heavy atom. The van der Waals surface area contributed by atoms with Crippen LogP contribution in [0.1, 0.15) is 0 Å². The van der Waals surface area contributed by atoms with Gasteiger partial charge in [-0.25, -0.2) is 14.2 Å². The second kappa shape index (κ2) is 9.52. The molecule has 3 heterocycles. The Kier molecular flexibility index (Phi) is 6.37. The van der Waals surface area contributed by atoms with E-state index in [1.54, 1.807) is 18.3 Å². The van der Waals surface area contributed by atoms with Gasteiger partial charge in [-0.05, 0) is 30.3 Å². The molecule has 10 heteroatoms. The number of anilines is 2. The van der Waals surface area contributed by atoms with Gasteiger partial charge in [-0.3, -0.25) is 9.89 Å². The van der Waals surface area contributed by atoms with Crippen molar-refractivity contribution in [3.05, 3.63) is 42.3 Å². The lowest BCUT2D eigenvalue weighted by Crippen LogP contribution is -2.43. The molecule has 4 rings (SSSR count). The molecule has 31 heavy (non-hydrogen) atoms. The first-order valence-corrected chi connectivity index (χ1v) is 10.1. The maximum absolute atomic E-state index is 14.9. The van der Waals surface area contributed by atoms with Gasteiger partial charge in [-0.15, -0.1) is 0 Å². The third kappa shape index (κ3) is 4.80. The van der Waals surface area contributed by atoms with Crippen LogP contribution < -0.4 is 21.0 Å². The summed E-state index contributed by atoms with van der Waals surface area (Å²) in [6.07, 6.45) is 3.51. The maximum atomic E-state index is 14.9. The number of carbonyl (C=O) groups is 1. The Morgan fingerprint density at radius 1 is 1.26 bits per heavy atom. The molecular formula is C21H24FN7O2. The summed E-state index contributed by atoms with van der Waals surface area (Å²) in [4.78, 5) is 24.4. The summed E-state index contributed by atoms with van der Waals surface area (Å²) >= 11 is 0. The molecule has 162 valence electrons. The van der Waals surface area contributed by atoms with Crippen LogP contribution in [0.5, 0.6) is 0 Å². The number of halogens is 1. The second-order valence-electron chi connectivity index (χ2n) is 7.24. The Morgan fingerprint density at radius 3 is 2.81 bits per heavy atom. The fraction of sp³-hybridized carbons (Fsp3) is 0.333. The number of ether oxygens (including phenoxy) is 1. The van der Waals surface area contributed by atoms with Crippen molar-refractivity contribution in [3.63, 3.8) is 0 Å². The van der Waals surface area contributed by atoms with E-state index in [-0.39, 0.29) is 13.1 Å². The summed E-state index contributed by atoms with van der Waals surface area (Å²) in [5.41, 5.74) is 1.55. The summed E-state index contributed by atoms with van der Waals surface area (Å²) in [7, 11) is 0. The van der Waals surface area contributed by atoms with Gasteiger partial charge >= 0.3 is 6.09 Å². The minimum atomic E-state index is -0.526. The first kappa shape index (κ1) is 20.7. The van der Waals surface area contributed by atoms with E-state index in [1.807, 2.05) is 12.1 Å². The normalized spacial score (nSPS) is 19.5. The van der Waals surface area contributed by atoms with Crippen molar-refractivity contribution in [2.24, 2.45) is 15.9 Å². The van der Waals surface area contributed by atoms with Crippen molar-refractivity contribution >= 4 is 30.0 Å². The van der Waals surface area contributed by atoms with Gasteiger partial charge < -0.3 is 20.8 Å². The zero-order valence-electron chi connectivity index (χ0n) is 16.9. The number of hydrazone groups is 1. The fourth-order valence-corrected chi connectivity index (χ4v) is 3.62. The van der Waals surface area contributed by atoms with Crippen LogP contribution in [0.3, 0.4) is 0 Å². The fourth-order valence-electron chi connectivity index (χ4n) is 3.62. The number of piperazine rings is 1. The van der Waals surface area contributed by atoms with Crippen molar-refractivity contribution in [2.45, 2.75) is 6.10 Å². The zero-order chi connectivity index (χ0) is 21.6. The Labute approximate surface area is 179 Å². The van der Waals surface area contributed by atoms with Crippen LogP contribution in [0.25, 0.3) is 11.1 Å². The number of aliphatic imine (C=N–C) groups is 1. The monoisotopic (exact) mass is 425 g/mol. The number of hydrogen-bond donors (Lipinski definition) is 2. The van der Waals surface area contributed by atoms with Gasteiger partial charge in [-0.1, -0.05) is 0 Å². The molecule has 3 N–H and O–H groups in total. The molecule has 1 aromatic carbocycles. The molecule has 0 radical (unpaired) electrons. The zero-order valence-corrected chi connectivity index (χ0v) is 16.9. The third-order valence-corrected chi connectivity index (χ3v) is 5.21. The number of pyridine rings is 1. The number of rotatable bonds is 6. The van der Waals surface area contributed by atoms with Gasteiger partial charge in [0.15, 0.2) is 0 Å². The molecule has 1 atom stereocenters. The van der Waals surface area contributed by atoms with Gasteiger partial charge in [-0.2, -0.15) is 5.10 Å². The molecule has 1 amide bonds. The van der Waals surface area contributed by atoms with E-state index in [9.17, 15) is 9.18 Å². The highest BCUT2D eigenvalue weighted by Crippen LogP contribution is 2.29. The van der Waals surface area contributed by atoms with Crippen molar-refractivity contribution < 1.29 is 13.9 Å². The van der Waals surface area contributed by atoms with E-state index in [0.29, 0.717) is 16.8 Å². The summed E-state index contributed by atoms with van der Waals surface area (Å²) in [6, 6.07) is 8.48. The molecule has 1 aromatic heterocycles. The lowest BCUT2D eigenvalue weighted by molar-refractivity contribution is 0.145. The van der Waals surface area contributed by atoms with Gasteiger partial charge in [0.2, 0.25) is 0 Å². The predicted molar refractivity (Wildman–Crippen MR) is 118 cm³/mol. The van der Waals surface area contributed by atoms with E-state index < -0.39 is 18.0 Å². The summed E-state index contributed by atoms with van der Waals surface area (Å²) in [5.74, 6) is 5.45. The van der Waals surface area contributed by atoms with Crippen molar-refractivity contribution in [2.75, 3.05) is 49.1 Å². The van der Waals surface area contributed by atoms with E-state index in [0.717, 1.165) is 32.0 Å². The van der Waals surface area contributed by atoms with Gasteiger partial charge in [0.25, 0.3) is 0 Å². The first-order chi connectivity index (χ1) is 15.2. The molecule has 2 aliphatic rings. The highest BCUT2D eigenvalue weighted by molar-refractivity contribution is 6.15. The van der Waals surface area contributed by atoms with Crippen molar-refractivity contribution in [1.82, 2.24) is 10.3 Å². The van der Waals surface area contributed by atoms with Crippen LogP contribution in [0.4, 0.5) is 20.7 Å². The lowest BCUT2D eigenvalue weighted by atomic mass is 10.1. The molecule has 0 bridgehead atoms. The number of cyclic esters (lactones) is 1. The summed E-state index contributed by atoms with van der Waals surface area (Å²) in [5, 5.41) is 6.61. The molecule has 0 spiro atoms. The SMILES string of the molecule is NN=CC=NC[C@H]1CN(c2ccc(-c3ccc(N4CCNCC4)nc3)c(F)c2)C(=O)O1. The van der Waals surface area contributed by atoms with Gasteiger partial charge in [0.05, 0.1) is 25.0 Å². The van der Waals surface area contributed by atoms with E-state index >= 15 is 0 Å². The largest absolute Gasteiger partial charge is 0.442 e. The van der Waals surface area contributed by atoms with E-state index in [1.165, 1.54) is 23.4 Å². The topological polar surface area (TPSA) is 108 Å². The predicted octanol–water partition coefficient (Wildman–Crippen LogP) is 1.64.